The second-order valence-corrected chi connectivity index (χ2v) is 7.44. The maximum atomic E-state index is 5.56. The van der Waals surface area contributed by atoms with Crippen LogP contribution in [0.15, 0.2) is 35.3 Å². The third kappa shape index (κ3) is 4.58. The van der Waals surface area contributed by atoms with Crippen molar-refractivity contribution < 1.29 is 9.47 Å². The van der Waals surface area contributed by atoms with Crippen LogP contribution in [0.4, 0.5) is 0 Å². The maximum Gasteiger partial charge on any atom is 0.194 e. The molecule has 0 saturated carbocycles. The van der Waals surface area contributed by atoms with Gasteiger partial charge in [-0.15, -0.1) is 0 Å². The SMILES string of the molecule is CCNC(=NCC1(C)CCOC1)N1CC=C(c2cccc(OC)c2)CC1. The van der Waals surface area contributed by atoms with E-state index in [0.29, 0.717) is 0 Å². The smallest absolute Gasteiger partial charge is 0.194 e. The number of nitrogens with zero attached hydrogens (tertiary/aromatic N) is 2. The van der Waals surface area contributed by atoms with E-state index >= 15 is 0 Å². The number of benzene rings is 1. The number of hydrogen-bond donors (Lipinski definition) is 1. The molecule has 2 aliphatic rings. The Bertz CT molecular complexity index is 663. The van der Waals surface area contributed by atoms with Crippen LogP contribution in [0.25, 0.3) is 5.57 Å². The molecular weight excluding hydrogens is 326 g/mol. The van der Waals surface area contributed by atoms with Gasteiger partial charge in [-0.3, -0.25) is 4.99 Å². The van der Waals surface area contributed by atoms with Crippen molar-refractivity contribution in [1.29, 1.82) is 0 Å². The lowest BCUT2D eigenvalue weighted by molar-refractivity contribution is 0.162. The zero-order valence-corrected chi connectivity index (χ0v) is 16.3. The Kier molecular flexibility index (Phi) is 6.20. The van der Waals surface area contributed by atoms with Crippen LogP contribution in [-0.2, 0) is 4.74 Å². The van der Waals surface area contributed by atoms with E-state index in [2.05, 4.69) is 48.3 Å². The molecule has 2 heterocycles. The van der Waals surface area contributed by atoms with Crippen LogP contribution in [0.3, 0.4) is 0 Å². The highest BCUT2D eigenvalue weighted by Gasteiger charge is 2.30. The van der Waals surface area contributed by atoms with Crippen molar-refractivity contribution in [2.45, 2.75) is 26.7 Å². The van der Waals surface area contributed by atoms with Crippen LogP contribution < -0.4 is 10.1 Å². The molecule has 0 aliphatic carbocycles. The highest BCUT2D eigenvalue weighted by atomic mass is 16.5. The van der Waals surface area contributed by atoms with E-state index in [1.165, 1.54) is 11.1 Å². The summed E-state index contributed by atoms with van der Waals surface area (Å²) in [5, 5.41) is 3.45. The van der Waals surface area contributed by atoms with Gasteiger partial charge in [-0.1, -0.05) is 25.1 Å². The van der Waals surface area contributed by atoms with Crippen LogP contribution in [0.5, 0.6) is 5.75 Å². The molecule has 2 aliphatic heterocycles. The molecule has 142 valence electrons. The monoisotopic (exact) mass is 357 g/mol. The van der Waals surface area contributed by atoms with Crippen LogP contribution in [0.1, 0.15) is 32.3 Å². The molecular formula is C21H31N3O2. The van der Waals surface area contributed by atoms with Gasteiger partial charge < -0.3 is 19.7 Å². The molecule has 5 heteroatoms. The summed E-state index contributed by atoms with van der Waals surface area (Å²) in [6.45, 7) is 9.62. The van der Waals surface area contributed by atoms with Gasteiger partial charge in [0.25, 0.3) is 0 Å². The lowest BCUT2D eigenvalue weighted by Gasteiger charge is -2.31. The second kappa shape index (κ2) is 8.58. The molecule has 1 saturated heterocycles. The van der Waals surface area contributed by atoms with E-state index in [0.717, 1.165) is 63.9 Å². The van der Waals surface area contributed by atoms with Crippen LogP contribution in [0.2, 0.25) is 0 Å². The number of aliphatic imine (C=N–C) groups is 1. The standard InChI is InChI=1S/C21H31N3O2/c1-4-22-20(23-15-21(2)10-13-26-16-21)24-11-8-17(9-12-24)18-6-5-7-19(14-18)25-3/h5-8,14H,4,9-13,15-16H2,1-3H3,(H,22,23). The molecule has 1 aromatic rings. The molecule has 1 unspecified atom stereocenters. The molecule has 1 N–H and O–H groups in total. The Balaban J connectivity index is 1.67. The van der Waals surface area contributed by atoms with Gasteiger partial charge in [0.05, 0.1) is 20.3 Å². The van der Waals surface area contributed by atoms with Crippen LogP contribution in [0, 0.1) is 5.41 Å². The fraction of sp³-hybridized carbons (Fsp3) is 0.571. The normalized spacial score (nSPS) is 23.7. The largest absolute Gasteiger partial charge is 0.497 e. The highest BCUT2D eigenvalue weighted by Crippen LogP contribution is 2.28. The third-order valence-electron chi connectivity index (χ3n) is 5.20. The Labute approximate surface area is 157 Å². The van der Waals surface area contributed by atoms with E-state index < -0.39 is 0 Å². The summed E-state index contributed by atoms with van der Waals surface area (Å²) < 4.78 is 10.9. The number of ether oxygens (including phenoxy) is 2. The first-order chi connectivity index (χ1) is 12.6. The first-order valence-corrected chi connectivity index (χ1v) is 9.58. The summed E-state index contributed by atoms with van der Waals surface area (Å²) in [5.74, 6) is 1.93. The Morgan fingerprint density at radius 2 is 2.31 bits per heavy atom. The van der Waals surface area contributed by atoms with Gasteiger partial charge in [-0.2, -0.15) is 0 Å². The molecule has 0 amide bonds. The predicted molar refractivity (Wildman–Crippen MR) is 107 cm³/mol. The molecule has 26 heavy (non-hydrogen) atoms. The molecule has 5 nitrogen and oxygen atoms in total. The molecule has 1 fully saturated rings. The molecule has 0 spiro atoms. The number of nitrogens with one attached hydrogen (secondary N) is 1. The number of rotatable bonds is 5. The van der Waals surface area contributed by atoms with E-state index in [1.807, 2.05) is 6.07 Å². The summed E-state index contributed by atoms with van der Waals surface area (Å²) >= 11 is 0. The average molecular weight is 357 g/mol. The van der Waals surface area contributed by atoms with Gasteiger partial charge >= 0.3 is 0 Å². The third-order valence-corrected chi connectivity index (χ3v) is 5.20. The second-order valence-electron chi connectivity index (χ2n) is 7.44. The minimum Gasteiger partial charge on any atom is -0.497 e. The Hall–Kier alpha value is -2.01. The van der Waals surface area contributed by atoms with Gasteiger partial charge in [-0.25, -0.2) is 0 Å². The molecule has 0 aromatic heterocycles. The minimum absolute atomic E-state index is 0.179. The summed E-state index contributed by atoms with van der Waals surface area (Å²) in [4.78, 5) is 7.26. The average Bonchev–Trinajstić information content (AvgIpc) is 3.12. The number of hydrogen-bond acceptors (Lipinski definition) is 3. The van der Waals surface area contributed by atoms with Crippen molar-refractivity contribution in [1.82, 2.24) is 10.2 Å². The number of methoxy groups -OCH3 is 1. The fourth-order valence-corrected chi connectivity index (χ4v) is 3.47. The van der Waals surface area contributed by atoms with Gasteiger partial charge in [0, 0.05) is 31.7 Å². The summed E-state index contributed by atoms with van der Waals surface area (Å²) in [7, 11) is 1.71. The molecule has 3 rings (SSSR count). The predicted octanol–water partition coefficient (Wildman–Crippen LogP) is 3.18. The van der Waals surface area contributed by atoms with E-state index in [1.54, 1.807) is 7.11 Å². The Morgan fingerprint density at radius 3 is 2.96 bits per heavy atom. The zero-order valence-electron chi connectivity index (χ0n) is 16.3. The topological polar surface area (TPSA) is 46.1 Å². The fourth-order valence-electron chi connectivity index (χ4n) is 3.47. The van der Waals surface area contributed by atoms with Gasteiger partial charge in [0.15, 0.2) is 5.96 Å². The van der Waals surface area contributed by atoms with Crippen LogP contribution in [-0.4, -0.2) is 57.4 Å². The lowest BCUT2D eigenvalue weighted by atomic mass is 9.90. The maximum absolute atomic E-state index is 5.56. The molecule has 0 bridgehead atoms. The Morgan fingerprint density at radius 1 is 1.42 bits per heavy atom. The number of guanidine groups is 1. The van der Waals surface area contributed by atoms with E-state index in [-0.39, 0.29) is 5.41 Å². The molecule has 1 aromatic carbocycles. The minimum atomic E-state index is 0.179. The summed E-state index contributed by atoms with van der Waals surface area (Å²) in [6, 6.07) is 8.31. The molecule has 0 radical (unpaired) electrons. The molecule has 1 atom stereocenters. The summed E-state index contributed by atoms with van der Waals surface area (Å²) in [5.41, 5.74) is 2.81. The highest BCUT2D eigenvalue weighted by molar-refractivity contribution is 5.81. The van der Waals surface area contributed by atoms with Gasteiger partial charge in [-0.05, 0) is 43.0 Å². The van der Waals surface area contributed by atoms with E-state index in [4.69, 9.17) is 14.5 Å². The van der Waals surface area contributed by atoms with Gasteiger partial charge in [0.1, 0.15) is 5.75 Å². The lowest BCUT2D eigenvalue weighted by Crippen LogP contribution is -2.44. The van der Waals surface area contributed by atoms with E-state index in [9.17, 15) is 0 Å². The van der Waals surface area contributed by atoms with Crippen LogP contribution >= 0.6 is 0 Å². The quantitative estimate of drug-likeness (QED) is 0.649. The van der Waals surface area contributed by atoms with Crippen molar-refractivity contribution >= 4 is 11.5 Å². The van der Waals surface area contributed by atoms with Crippen molar-refractivity contribution in [2.75, 3.05) is 46.5 Å². The van der Waals surface area contributed by atoms with Crippen molar-refractivity contribution in [3.63, 3.8) is 0 Å². The zero-order chi connectivity index (χ0) is 18.4. The van der Waals surface area contributed by atoms with Crippen molar-refractivity contribution in [2.24, 2.45) is 10.4 Å². The van der Waals surface area contributed by atoms with Crippen molar-refractivity contribution in [3.05, 3.63) is 35.9 Å². The summed E-state index contributed by atoms with van der Waals surface area (Å²) in [6.07, 6.45) is 4.42. The van der Waals surface area contributed by atoms with Crippen molar-refractivity contribution in [3.8, 4) is 5.75 Å². The van der Waals surface area contributed by atoms with Gasteiger partial charge in [0.2, 0.25) is 0 Å². The first-order valence-electron chi connectivity index (χ1n) is 9.58. The first kappa shape index (κ1) is 18.8.